The summed E-state index contributed by atoms with van der Waals surface area (Å²) in [6, 6.07) is 0. The first-order chi connectivity index (χ1) is 8.18. The Morgan fingerprint density at radius 2 is 1.24 bits per heavy atom. The van der Waals surface area contributed by atoms with Gasteiger partial charge in [-0.2, -0.15) is 0 Å². The van der Waals surface area contributed by atoms with Crippen LogP contribution in [0.2, 0.25) is 0 Å². The van der Waals surface area contributed by atoms with Crippen LogP contribution in [-0.4, -0.2) is 61.0 Å². The molecule has 0 aliphatic carbocycles. The third-order valence-corrected chi connectivity index (χ3v) is 3.12. The fourth-order valence-corrected chi connectivity index (χ4v) is 1.51. The van der Waals surface area contributed by atoms with Gasteiger partial charge >= 0.3 is 7.82 Å². The Hall–Kier alpha value is -0.0100. The highest BCUT2D eigenvalue weighted by molar-refractivity contribution is 7.48. The highest BCUT2D eigenvalue weighted by Crippen LogP contribution is 2.47. The number of ether oxygens (including phenoxy) is 3. The van der Waals surface area contributed by atoms with Crippen LogP contribution in [0, 0.1) is 0 Å². The number of phosphoric acid groups is 1. The van der Waals surface area contributed by atoms with Crippen molar-refractivity contribution in [3.8, 4) is 0 Å². The van der Waals surface area contributed by atoms with Gasteiger partial charge in [-0.1, -0.05) is 0 Å². The minimum atomic E-state index is -3.38. The van der Waals surface area contributed by atoms with Crippen molar-refractivity contribution in [2.24, 2.45) is 0 Å². The predicted molar refractivity (Wildman–Crippen MR) is 61.1 cm³/mol. The third-order valence-electron chi connectivity index (χ3n) is 1.73. The molecule has 0 heterocycles. The second-order valence-corrected chi connectivity index (χ2v) is 4.75. The molecule has 0 N–H and O–H groups in total. The Balaban J connectivity index is 3.26. The monoisotopic (exact) mass is 272 g/mol. The molecule has 0 aromatic rings. The molecule has 0 aliphatic rings. The van der Waals surface area contributed by atoms with Gasteiger partial charge in [0.05, 0.1) is 39.6 Å². The third kappa shape index (κ3) is 9.67. The zero-order valence-electron chi connectivity index (χ0n) is 10.5. The molecule has 0 atom stereocenters. The molecule has 0 fully saturated rings. The molecule has 0 rings (SSSR count). The van der Waals surface area contributed by atoms with Crippen molar-refractivity contribution >= 4 is 7.82 Å². The summed E-state index contributed by atoms with van der Waals surface area (Å²) in [5, 5.41) is 0. The number of hydrogen-bond acceptors (Lipinski definition) is 7. The van der Waals surface area contributed by atoms with E-state index >= 15 is 0 Å². The van der Waals surface area contributed by atoms with E-state index < -0.39 is 7.82 Å². The van der Waals surface area contributed by atoms with E-state index in [1.807, 2.05) is 0 Å². The molecular formula is C9H21O7P. The van der Waals surface area contributed by atoms with E-state index in [4.69, 9.17) is 18.7 Å². The summed E-state index contributed by atoms with van der Waals surface area (Å²) in [7, 11) is 0.750. The predicted octanol–water partition coefficient (Wildman–Crippen LogP) is 1.08. The molecule has 0 aromatic carbocycles. The summed E-state index contributed by atoms with van der Waals surface area (Å²) < 4.78 is 40.6. The van der Waals surface area contributed by atoms with Crippen molar-refractivity contribution in [3.05, 3.63) is 0 Å². The fourth-order valence-electron chi connectivity index (χ4n) is 0.852. The SMILES string of the molecule is COCCOCCOCCOP(=O)(OC)OC. The number of rotatable bonds is 12. The van der Waals surface area contributed by atoms with Crippen LogP contribution in [0.4, 0.5) is 0 Å². The number of hydrogen-bond donors (Lipinski definition) is 0. The van der Waals surface area contributed by atoms with Crippen LogP contribution < -0.4 is 0 Å². The molecule has 0 amide bonds. The Morgan fingerprint density at radius 1 is 0.765 bits per heavy atom. The quantitative estimate of drug-likeness (QED) is 0.389. The second-order valence-electron chi connectivity index (χ2n) is 2.86. The molecular weight excluding hydrogens is 251 g/mol. The topological polar surface area (TPSA) is 72.5 Å². The van der Waals surface area contributed by atoms with Crippen molar-refractivity contribution in [1.29, 1.82) is 0 Å². The van der Waals surface area contributed by atoms with E-state index in [9.17, 15) is 4.57 Å². The molecule has 0 spiro atoms. The van der Waals surface area contributed by atoms with Crippen LogP contribution in [0.3, 0.4) is 0 Å². The maximum absolute atomic E-state index is 11.4. The van der Waals surface area contributed by atoms with Crippen LogP contribution in [0.25, 0.3) is 0 Å². The minimum absolute atomic E-state index is 0.136. The molecule has 0 aliphatic heterocycles. The van der Waals surface area contributed by atoms with Gasteiger partial charge < -0.3 is 14.2 Å². The molecule has 7 nitrogen and oxygen atoms in total. The molecule has 0 aromatic heterocycles. The normalized spacial score (nSPS) is 11.9. The van der Waals surface area contributed by atoms with Crippen molar-refractivity contribution in [2.75, 3.05) is 61.0 Å². The van der Waals surface area contributed by atoms with E-state index in [0.29, 0.717) is 33.0 Å². The van der Waals surface area contributed by atoms with Gasteiger partial charge in [0.15, 0.2) is 0 Å². The minimum Gasteiger partial charge on any atom is -0.382 e. The first-order valence-corrected chi connectivity index (χ1v) is 6.65. The lowest BCUT2D eigenvalue weighted by Crippen LogP contribution is -2.11. The van der Waals surface area contributed by atoms with Gasteiger partial charge in [0.1, 0.15) is 0 Å². The van der Waals surface area contributed by atoms with Crippen LogP contribution in [-0.2, 0) is 32.3 Å². The smallest absolute Gasteiger partial charge is 0.382 e. The summed E-state index contributed by atoms with van der Waals surface area (Å²) in [6.07, 6.45) is 0. The summed E-state index contributed by atoms with van der Waals surface area (Å²) >= 11 is 0. The maximum atomic E-state index is 11.4. The Kier molecular flexibility index (Phi) is 11.1. The number of methoxy groups -OCH3 is 1. The van der Waals surface area contributed by atoms with Crippen molar-refractivity contribution in [1.82, 2.24) is 0 Å². The molecule has 0 saturated carbocycles. The van der Waals surface area contributed by atoms with Crippen molar-refractivity contribution in [2.45, 2.75) is 0 Å². The van der Waals surface area contributed by atoms with Gasteiger partial charge in [0.25, 0.3) is 0 Å². The highest BCUT2D eigenvalue weighted by Gasteiger charge is 2.21. The van der Waals surface area contributed by atoms with E-state index in [1.54, 1.807) is 7.11 Å². The lowest BCUT2D eigenvalue weighted by atomic mass is 10.7. The van der Waals surface area contributed by atoms with E-state index in [1.165, 1.54) is 14.2 Å². The first-order valence-electron chi connectivity index (χ1n) is 5.19. The molecule has 104 valence electrons. The number of phosphoric ester groups is 1. The Bertz CT molecular complexity index is 204. The molecule has 0 radical (unpaired) electrons. The summed E-state index contributed by atoms with van der Waals surface area (Å²) in [4.78, 5) is 0. The highest BCUT2D eigenvalue weighted by atomic mass is 31.2. The molecule has 8 heteroatoms. The molecule has 0 unspecified atom stereocenters. The van der Waals surface area contributed by atoms with Crippen LogP contribution in [0.5, 0.6) is 0 Å². The summed E-state index contributed by atoms with van der Waals surface area (Å²) in [6.45, 7) is 2.46. The average molecular weight is 272 g/mol. The standard InChI is InChI=1S/C9H21O7P/c1-11-4-5-14-6-7-15-8-9-16-17(10,12-2)13-3/h4-9H2,1-3H3. The lowest BCUT2D eigenvalue weighted by Gasteiger charge is -2.13. The summed E-state index contributed by atoms with van der Waals surface area (Å²) in [5.74, 6) is 0. The van der Waals surface area contributed by atoms with Gasteiger partial charge in [-0.3, -0.25) is 13.6 Å². The molecule has 0 bridgehead atoms. The van der Waals surface area contributed by atoms with Crippen LogP contribution in [0.1, 0.15) is 0 Å². The van der Waals surface area contributed by atoms with E-state index in [2.05, 4.69) is 9.05 Å². The Labute approximate surface area is 102 Å². The van der Waals surface area contributed by atoms with Crippen molar-refractivity contribution in [3.63, 3.8) is 0 Å². The van der Waals surface area contributed by atoms with Gasteiger partial charge in [0.2, 0.25) is 0 Å². The van der Waals surface area contributed by atoms with Gasteiger partial charge in [0, 0.05) is 21.3 Å². The summed E-state index contributed by atoms with van der Waals surface area (Å²) in [5.41, 5.74) is 0. The molecule has 17 heavy (non-hydrogen) atoms. The van der Waals surface area contributed by atoms with E-state index in [-0.39, 0.29) is 6.61 Å². The first kappa shape index (κ1) is 17.0. The zero-order valence-corrected chi connectivity index (χ0v) is 11.4. The van der Waals surface area contributed by atoms with E-state index in [0.717, 1.165) is 0 Å². The maximum Gasteiger partial charge on any atom is 0.474 e. The van der Waals surface area contributed by atoms with Crippen LogP contribution in [0.15, 0.2) is 0 Å². The second kappa shape index (κ2) is 11.1. The average Bonchev–Trinajstić information content (AvgIpc) is 2.36. The zero-order chi connectivity index (χ0) is 13.0. The van der Waals surface area contributed by atoms with Crippen LogP contribution >= 0.6 is 7.82 Å². The van der Waals surface area contributed by atoms with Gasteiger partial charge in [-0.05, 0) is 0 Å². The largest absolute Gasteiger partial charge is 0.474 e. The Morgan fingerprint density at radius 3 is 1.71 bits per heavy atom. The fraction of sp³-hybridized carbons (Fsp3) is 1.00. The lowest BCUT2D eigenvalue weighted by molar-refractivity contribution is 0.0143. The van der Waals surface area contributed by atoms with Crippen molar-refractivity contribution < 1.29 is 32.3 Å². The van der Waals surface area contributed by atoms with Gasteiger partial charge in [-0.15, -0.1) is 0 Å². The van der Waals surface area contributed by atoms with Gasteiger partial charge in [-0.25, -0.2) is 4.57 Å². The molecule has 0 saturated heterocycles.